The summed E-state index contributed by atoms with van der Waals surface area (Å²) in [5.41, 5.74) is 0.867. The summed E-state index contributed by atoms with van der Waals surface area (Å²) in [6.07, 6.45) is 1.39. The number of carbonyl (C=O) groups is 2. The first-order valence-corrected chi connectivity index (χ1v) is 7.71. The van der Waals surface area contributed by atoms with E-state index in [-0.39, 0.29) is 11.9 Å². The van der Waals surface area contributed by atoms with Crippen molar-refractivity contribution in [3.05, 3.63) is 29.6 Å². The predicted molar refractivity (Wildman–Crippen MR) is 77.1 cm³/mol. The van der Waals surface area contributed by atoms with Crippen molar-refractivity contribution in [1.29, 1.82) is 0 Å². The van der Waals surface area contributed by atoms with Gasteiger partial charge >= 0.3 is 5.97 Å². The van der Waals surface area contributed by atoms with Crippen LogP contribution in [0.15, 0.2) is 18.2 Å². The monoisotopic (exact) mass is 313 g/mol. The second kappa shape index (κ2) is 7.31. The summed E-state index contributed by atoms with van der Waals surface area (Å²) in [4.78, 5) is 21.1. The van der Waals surface area contributed by atoms with Crippen LogP contribution in [-0.4, -0.2) is 41.1 Å². The zero-order valence-corrected chi connectivity index (χ0v) is 12.1. The van der Waals surface area contributed by atoms with E-state index in [1.807, 2.05) is 0 Å². The van der Waals surface area contributed by atoms with E-state index >= 15 is 0 Å². The zero-order chi connectivity index (χ0) is 15.2. The number of aliphatic carboxylic acids is 1. The number of carbonyl (C=O) groups excluding carboxylic acids is 1. The predicted octanol–water partition coefficient (Wildman–Crippen LogP) is 1.45. The van der Waals surface area contributed by atoms with Crippen LogP contribution >= 0.6 is 11.8 Å². The maximum atomic E-state index is 13.1. The summed E-state index contributed by atoms with van der Waals surface area (Å²) < 4.78 is 18.8. The van der Waals surface area contributed by atoms with Gasteiger partial charge in [-0.25, -0.2) is 9.18 Å². The van der Waals surface area contributed by atoms with Crippen molar-refractivity contribution >= 4 is 24.1 Å². The Balaban J connectivity index is 1.71. The van der Waals surface area contributed by atoms with Crippen LogP contribution in [-0.2, 0) is 16.0 Å². The molecule has 21 heavy (non-hydrogen) atoms. The summed E-state index contributed by atoms with van der Waals surface area (Å²) in [6, 6.07) is 3.63. The molecule has 2 atom stereocenters. The number of thioether (sulfide) groups is 1. The van der Waals surface area contributed by atoms with Crippen molar-refractivity contribution < 1.29 is 23.8 Å². The van der Waals surface area contributed by atoms with Crippen LogP contribution in [0, 0.1) is 5.82 Å². The fourth-order valence-corrected chi connectivity index (χ4v) is 3.18. The second-order valence-electron chi connectivity index (χ2n) is 4.73. The lowest BCUT2D eigenvalue weighted by molar-refractivity contribution is -0.140. The normalized spacial score (nSPS) is 17.7. The number of carboxylic acid groups (broad SMARTS) is 1. The Morgan fingerprint density at radius 2 is 2.43 bits per heavy atom. The number of hydrogen-bond acceptors (Lipinski definition) is 4. The van der Waals surface area contributed by atoms with Crippen LogP contribution in [0.25, 0.3) is 0 Å². The second-order valence-corrected chi connectivity index (χ2v) is 5.88. The summed E-state index contributed by atoms with van der Waals surface area (Å²) in [7, 11) is 0. The van der Waals surface area contributed by atoms with Gasteiger partial charge in [0.05, 0.1) is 0 Å². The number of benzene rings is 1. The third kappa shape index (κ3) is 4.35. The fourth-order valence-electron chi connectivity index (χ4n) is 2.16. The van der Waals surface area contributed by atoms with E-state index in [9.17, 15) is 14.0 Å². The molecular formula is C14H16FNO4S. The van der Waals surface area contributed by atoms with Gasteiger partial charge in [-0.1, -0.05) is 0 Å². The Labute approximate surface area is 125 Å². The first-order valence-electron chi connectivity index (χ1n) is 6.55. The van der Waals surface area contributed by atoms with Gasteiger partial charge in [0.2, 0.25) is 6.41 Å². The molecule has 1 aromatic carbocycles. The Kier molecular flexibility index (Phi) is 5.44. The van der Waals surface area contributed by atoms with Crippen molar-refractivity contribution in [3.63, 3.8) is 0 Å². The molecule has 7 heteroatoms. The molecule has 2 rings (SSSR count). The number of amides is 1. The highest BCUT2D eigenvalue weighted by Crippen LogP contribution is 2.30. The number of hydrogen-bond donors (Lipinski definition) is 2. The quantitative estimate of drug-likeness (QED) is 0.561. The molecule has 1 aromatic rings. The van der Waals surface area contributed by atoms with E-state index < -0.39 is 12.0 Å². The summed E-state index contributed by atoms with van der Waals surface area (Å²) in [6.45, 7) is 0. The molecule has 0 saturated carbocycles. The lowest BCUT2D eigenvalue weighted by Crippen LogP contribution is -2.36. The molecule has 1 heterocycles. The van der Waals surface area contributed by atoms with Crippen LogP contribution in [0.2, 0.25) is 0 Å². The molecule has 0 radical (unpaired) electrons. The van der Waals surface area contributed by atoms with Crippen molar-refractivity contribution in [1.82, 2.24) is 5.32 Å². The average molecular weight is 313 g/mol. The molecule has 2 N–H and O–H groups in total. The Morgan fingerprint density at radius 1 is 1.62 bits per heavy atom. The van der Waals surface area contributed by atoms with Crippen LogP contribution in [0.3, 0.4) is 0 Å². The summed E-state index contributed by atoms with van der Waals surface area (Å²) >= 11 is 1.56. The molecule has 0 aromatic heterocycles. The largest absolute Gasteiger partial charge is 0.489 e. The van der Waals surface area contributed by atoms with E-state index in [1.165, 1.54) is 12.1 Å². The SMILES string of the molecule is O=CNC(CCSCC1Cc2cc(F)ccc2O1)C(=O)O. The molecular weight excluding hydrogens is 297 g/mol. The zero-order valence-electron chi connectivity index (χ0n) is 11.3. The molecule has 1 aliphatic heterocycles. The van der Waals surface area contributed by atoms with Gasteiger partial charge in [-0.15, -0.1) is 0 Å². The van der Waals surface area contributed by atoms with Crippen LogP contribution in [0.1, 0.15) is 12.0 Å². The van der Waals surface area contributed by atoms with E-state index in [2.05, 4.69) is 5.32 Å². The van der Waals surface area contributed by atoms with Crippen molar-refractivity contribution in [2.24, 2.45) is 0 Å². The van der Waals surface area contributed by atoms with E-state index in [0.717, 1.165) is 5.56 Å². The summed E-state index contributed by atoms with van der Waals surface area (Å²) in [5, 5.41) is 11.1. The maximum Gasteiger partial charge on any atom is 0.326 e. The van der Waals surface area contributed by atoms with Gasteiger partial charge in [0, 0.05) is 17.7 Å². The number of ether oxygens (including phenoxy) is 1. The van der Waals surface area contributed by atoms with Crippen LogP contribution in [0.5, 0.6) is 5.75 Å². The number of fused-ring (bicyclic) bond motifs is 1. The van der Waals surface area contributed by atoms with E-state index in [0.29, 0.717) is 36.5 Å². The number of rotatable bonds is 8. The van der Waals surface area contributed by atoms with Gasteiger partial charge in [0.1, 0.15) is 23.7 Å². The van der Waals surface area contributed by atoms with Gasteiger partial charge in [0.25, 0.3) is 0 Å². The number of nitrogens with one attached hydrogen (secondary N) is 1. The molecule has 1 amide bonds. The van der Waals surface area contributed by atoms with Crippen LogP contribution in [0.4, 0.5) is 4.39 Å². The molecule has 0 saturated heterocycles. The average Bonchev–Trinajstić information content (AvgIpc) is 2.83. The van der Waals surface area contributed by atoms with Crippen molar-refractivity contribution in [2.75, 3.05) is 11.5 Å². The lowest BCUT2D eigenvalue weighted by Gasteiger charge is -2.12. The smallest absolute Gasteiger partial charge is 0.326 e. The maximum absolute atomic E-state index is 13.1. The topological polar surface area (TPSA) is 75.6 Å². The van der Waals surface area contributed by atoms with Crippen molar-refractivity contribution in [2.45, 2.75) is 25.0 Å². The third-order valence-corrected chi connectivity index (χ3v) is 4.32. The minimum Gasteiger partial charge on any atom is -0.489 e. The first kappa shape index (κ1) is 15.6. The minimum absolute atomic E-state index is 0.0193. The minimum atomic E-state index is -1.04. The number of carboxylic acids is 1. The lowest BCUT2D eigenvalue weighted by atomic mass is 10.1. The molecule has 1 aliphatic rings. The van der Waals surface area contributed by atoms with Gasteiger partial charge in [-0.2, -0.15) is 11.8 Å². The first-order chi connectivity index (χ1) is 10.1. The van der Waals surface area contributed by atoms with E-state index in [1.54, 1.807) is 17.8 Å². The van der Waals surface area contributed by atoms with Crippen molar-refractivity contribution in [3.8, 4) is 5.75 Å². The highest BCUT2D eigenvalue weighted by atomic mass is 32.2. The highest BCUT2D eigenvalue weighted by molar-refractivity contribution is 7.99. The molecule has 5 nitrogen and oxygen atoms in total. The Morgan fingerprint density at radius 3 is 3.14 bits per heavy atom. The standard InChI is InChI=1S/C14H16FNO4S/c15-10-1-2-13-9(5-10)6-11(20-13)7-21-4-3-12(14(18)19)16-8-17/h1-2,5,8,11-12H,3-4,6-7H2,(H,16,17)(H,18,19). The summed E-state index contributed by atoms with van der Waals surface area (Å²) in [5.74, 6) is 0.706. The molecule has 0 fully saturated rings. The Hall–Kier alpha value is -1.76. The van der Waals surface area contributed by atoms with Gasteiger partial charge in [-0.05, 0) is 30.4 Å². The molecule has 0 bridgehead atoms. The Bertz CT molecular complexity index is 526. The molecule has 0 spiro atoms. The molecule has 114 valence electrons. The number of halogens is 1. The van der Waals surface area contributed by atoms with Crippen LogP contribution < -0.4 is 10.1 Å². The molecule has 0 aliphatic carbocycles. The van der Waals surface area contributed by atoms with E-state index in [4.69, 9.17) is 9.84 Å². The fraction of sp³-hybridized carbons (Fsp3) is 0.429. The van der Waals surface area contributed by atoms with Gasteiger partial charge in [0.15, 0.2) is 0 Å². The third-order valence-electron chi connectivity index (χ3n) is 3.19. The van der Waals surface area contributed by atoms with Gasteiger partial charge in [-0.3, -0.25) is 4.79 Å². The molecule has 2 unspecified atom stereocenters. The highest BCUT2D eigenvalue weighted by Gasteiger charge is 2.23. The van der Waals surface area contributed by atoms with Gasteiger partial charge < -0.3 is 15.2 Å².